The summed E-state index contributed by atoms with van der Waals surface area (Å²) in [6.07, 6.45) is 1.23. The van der Waals surface area contributed by atoms with Crippen molar-refractivity contribution in [3.05, 3.63) is 33.9 Å². The van der Waals surface area contributed by atoms with Gasteiger partial charge in [0.25, 0.3) is 0 Å². The Balaban J connectivity index is 2.51. The first-order chi connectivity index (χ1) is 8.54. The molecule has 1 atom stereocenters. The summed E-state index contributed by atoms with van der Waals surface area (Å²) in [5.41, 5.74) is 8.80. The van der Waals surface area contributed by atoms with Crippen LogP contribution < -0.4 is 5.73 Å². The zero-order chi connectivity index (χ0) is 13.3. The van der Waals surface area contributed by atoms with Crippen LogP contribution in [-0.2, 0) is 17.6 Å². The molecule has 0 saturated carbocycles. The predicted octanol–water partition coefficient (Wildman–Crippen LogP) is 2.45. The van der Waals surface area contributed by atoms with Gasteiger partial charge in [-0.1, -0.05) is 25.1 Å². The highest BCUT2D eigenvalue weighted by Crippen LogP contribution is 2.29. The van der Waals surface area contributed by atoms with Crippen LogP contribution in [0, 0.1) is 0 Å². The molecule has 1 heterocycles. The molecule has 2 aromatic rings. The molecule has 5 heteroatoms. The molecule has 0 saturated heterocycles. The summed E-state index contributed by atoms with van der Waals surface area (Å²) in [4.78, 5) is 14.1. The molecule has 0 spiro atoms. The van der Waals surface area contributed by atoms with E-state index in [2.05, 4.69) is 33.9 Å². The number of H-pyrrole nitrogens is 1. The molecule has 1 aromatic carbocycles. The van der Waals surface area contributed by atoms with Gasteiger partial charge in [-0.15, -0.1) is 0 Å². The minimum Gasteiger partial charge on any atom is -0.480 e. The molecule has 1 aromatic heterocycles. The van der Waals surface area contributed by atoms with E-state index in [-0.39, 0.29) is 0 Å². The lowest BCUT2D eigenvalue weighted by Gasteiger charge is -2.06. The number of aromatic amines is 1. The van der Waals surface area contributed by atoms with Crippen molar-refractivity contribution in [2.45, 2.75) is 25.8 Å². The normalized spacial score (nSPS) is 12.8. The van der Waals surface area contributed by atoms with E-state index in [0.29, 0.717) is 6.42 Å². The fourth-order valence-corrected chi connectivity index (χ4v) is 2.68. The first kappa shape index (κ1) is 13.1. The number of aliphatic carboxylic acids is 1. The smallest absolute Gasteiger partial charge is 0.320 e. The lowest BCUT2D eigenvalue weighted by Crippen LogP contribution is -2.32. The number of hydrogen-bond acceptors (Lipinski definition) is 2. The van der Waals surface area contributed by atoms with Crippen LogP contribution in [-0.4, -0.2) is 22.1 Å². The molecule has 0 aliphatic heterocycles. The number of aromatic nitrogens is 1. The Morgan fingerprint density at radius 1 is 1.56 bits per heavy atom. The van der Waals surface area contributed by atoms with Crippen molar-refractivity contribution in [1.29, 1.82) is 0 Å². The maximum atomic E-state index is 10.8. The molecule has 0 aliphatic rings. The molecule has 4 nitrogen and oxygen atoms in total. The number of para-hydroxylation sites is 1. The number of hydrogen-bond donors (Lipinski definition) is 3. The van der Waals surface area contributed by atoms with Gasteiger partial charge in [-0.25, -0.2) is 0 Å². The van der Waals surface area contributed by atoms with Crippen molar-refractivity contribution in [2.75, 3.05) is 0 Å². The van der Waals surface area contributed by atoms with Crippen LogP contribution in [0.25, 0.3) is 10.9 Å². The van der Waals surface area contributed by atoms with Crippen molar-refractivity contribution in [2.24, 2.45) is 5.73 Å². The molecule has 18 heavy (non-hydrogen) atoms. The van der Waals surface area contributed by atoms with Gasteiger partial charge in [0.1, 0.15) is 6.04 Å². The second-order valence-corrected chi connectivity index (χ2v) is 5.05. The van der Waals surface area contributed by atoms with Crippen molar-refractivity contribution in [1.82, 2.24) is 4.98 Å². The Morgan fingerprint density at radius 2 is 2.28 bits per heavy atom. The molecule has 4 N–H and O–H groups in total. The van der Waals surface area contributed by atoms with Crippen molar-refractivity contribution in [3.63, 3.8) is 0 Å². The fraction of sp³-hybridized carbons (Fsp3) is 0.308. The Labute approximate surface area is 113 Å². The fourth-order valence-electron chi connectivity index (χ4n) is 2.10. The van der Waals surface area contributed by atoms with Crippen molar-refractivity contribution < 1.29 is 9.90 Å². The topological polar surface area (TPSA) is 79.1 Å². The second kappa shape index (κ2) is 5.12. The largest absolute Gasteiger partial charge is 0.480 e. The van der Waals surface area contributed by atoms with E-state index in [4.69, 9.17) is 10.8 Å². The minimum absolute atomic E-state index is 0.309. The maximum absolute atomic E-state index is 10.8. The summed E-state index contributed by atoms with van der Waals surface area (Å²) in [6, 6.07) is 5.15. The van der Waals surface area contributed by atoms with E-state index in [9.17, 15) is 4.79 Å². The van der Waals surface area contributed by atoms with Crippen LogP contribution in [0.1, 0.15) is 18.1 Å². The summed E-state index contributed by atoms with van der Waals surface area (Å²) >= 11 is 3.45. The van der Waals surface area contributed by atoms with Gasteiger partial charge in [-0.2, -0.15) is 0 Å². The third kappa shape index (κ3) is 2.28. The standard InChI is InChI=1S/C13H15BrN2O2/c1-2-7-4-3-5-8-9(6-10(15)13(17)18)12(14)16-11(7)8/h3-5,10,16H,2,6,15H2,1H3,(H,17,18). The first-order valence-electron chi connectivity index (χ1n) is 5.81. The van der Waals surface area contributed by atoms with Crippen LogP contribution >= 0.6 is 15.9 Å². The predicted molar refractivity (Wildman–Crippen MR) is 74.7 cm³/mol. The highest BCUT2D eigenvalue weighted by atomic mass is 79.9. The number of rotatable bonds is 4. The molecule has 0 aliphatic carbocycles. The average molecular weight is 311 g/mol. The summed E-state index contributed by atoms with van der Waals surface area (Å²) in [7, 11) is 0. The Hall–Kier alpha value is -1.33. The second-order valence-electron chi connectivity index (χ2n) is 4.26. The van der Waals surface area contributed by atoms with E-state index in [0.717, 1.165) is 27.5 Å². The Morgan fingerprint density at radius 3 is 2.89 bits per heavy atom. The third-order valence-corrected chi connectivity index (χ3v) is 3.77. The molecule has 1 unspecified atom stereocenters. The molecule has 0 fully saturated rings. The van der Waals surface area contributed by atoms with Crippen LogP contribution in [0.3, 0.4) is 0 Å². The van der Waals surface area contributed by atoms with E-state index in [1.54, 1.807) is 0 Å². The monoisotopic (exact) mass is 310 g/mol. The minimum atomic E-state index is -0.983. The zero-order valence-corrected chi connectivity index (χ0v) is 11.6. The molecule has 2 rings (SSSR count). The number of carboxylic acids is 1. The van der Waals surface area contributed by atoms with E-state index in [1.807, 2.05) is 12.1 Å². The van der Waals surface area contributed by atoms with Gasteiger partial charge in [0.15, 0.2) is 0 Å². The Kier molecular flexibility index (Phi) is 3.73. The first-order valence-corrected chi connectivity index (χ1v) is 6.60. The summed E-state index contributed by atoms with van der Waals surface area (Å²) in [5.74, 6) is -0.983. The molecule has 0 radical (unpaired) electrons. The quantitative estimate of drug-likeness (QED) is 0.811. The van der Waals surface area contributed by atoms with Crippen LogP contribution in [0.4, 0.5) is 0 Å². The molecular formula is C13H15BrN2O2. The van der Waals surface area contributed by atoms with Gasteiger partial charge >= 0.3 is 5.97 Å². The average Bonchev–Trinajstić information content (AvgIpc) is 2.65. The highest BCUT2D eigenvalue weighted by Gasteiger charge is 2.18. The maximum Gasteiger partial charge on any atom is 0.320 e. The number of benzene rings is 1. The summed E-state index contributed by atoms with van der Waals surface area (Å²) in [6.45, 7) is 2.09. The molecule has 96 valence electrons. The number of nitrogens with two attached hydrogens (primary N) is 1. The van der Waals surface area contributed by atoms with Crippen molar-refractivity contribution >= 4 is 32.8 Å². The van der Waals surface area contributed by atoms with E-state index in [1.165, 1.54) is 5.56 Å². The van der Waals surface area contributed by atoms with Gasteiger partial charge in [-0.05, 0) is 33.5 Å². The van der Waals surface area contributed by atoms with E-state index < -0.39 is 12.0 Å². The lowest BCUT2D eigenvalue weighted by molar-refractivity contribution is -0.138. The van der Waals surface area contributed by atoms with Crippen LogP contribution in [0.5, 0.6) is 0 Å². The summed E-state index contributed by atoms with van der Waals surface area (Å²) < 4.78 is 0.815. The number of aryl methyl sites for hydroxylation is 1. The number of carboxylic acid groups (broad SMARTS) is 1. The number of carbonyl (C=O) groups is 1. The van der Waals surface area contributed by atoms with Crippen LogP contribution in [0.15, 0.2) is 22.8 Å². The van der Waals surface area contributed by atoms with Crippen LogP contribution in [0.2, 0.25) is 0 Å². The Bertz CT molecular complexity index is 592. The number of fused-ring (bicyclic) bond motifs is 1. The molecular weight excluding hydrogens is 296 g/mol. The zero-order valence-electron chi connectivity index (χ0n) is 10.0. The van der Waals surface area contributed by atoms with Gasteiger partial charge in [0, 0.05) is 17.3 Å². The lowest BCUT2D eigenvalue weighted by atomic mass is 10.0. The number of halogens is 1. The summed E-state index contributed by atoms with van der Waals surface area (Å²) in [5, 5.41) is 9.93. The third-order valence-electron chi connectivity index (χ3n) is 3.10. The van der Waals surface area contributed by atoms with E-state index >= 15 is 0 Å². The van der Waals surface area contributed by atoms with Gasteiger partial charge in [0.2, 0.25) is 0 Å². The van der Waals surface area contributed by atoms with Crippen molar-refractivity contribution in [3.8, 4) is 0 Å². The SMILES string of the molecule is CCc1cccc2c(CC(N)C(=O)O)c(Br)[nH]c12. The van der Waals surface area contributed by atoms with Gasteiger partial charge in [-0.3, -0.25) is 4.79 Å². The number of nitrogens with one attached hydrogen (secondary N) is 1. The molecule has 0 amide bonds. The van der Waals surface area contributed by atoms with Gasteiger partial charge < -0.3 is 15.8 Å². The van der Waals surface area contributed by atoms with Gasteiger partial charge in [0.05, 0.1) is 4.60 Å². The highest BCUT2D eigenvalue weighted by molar-refractivity contribution is 9.10. The molecule has 0 bridgehead atoms.